The minimum absolute atomic E-state index is 0.0785. The number of rotatable bonds is 6. The number of piperidine rings is 1. The molecule has 1 aromatic heterocycles. The SMILES string of the molecule is CCCOc1cccnc1C(=O)NC1CCN(C=O)CC1. The number of ether oxygens (including phenoxy) is 1. The van der Waals surface area contributed by atoms with Crippen molar-refractivity contribution in [2.45, 2.75) is 32.2 Å². The zero-order valence-corrected chi connectivity index (χ0v) is 12.2. The summed E-state index contributed by atoms with van der Waals surface area (Å²) in [7, 11) is 0. The Hall–Kier alpha value is -2.11. The standard InChI is InChI=1S/C15H21N3O3/c1-2-10-21-13-4-3-7-16-14(13)15(20)17-12-5-8-18(11-19)9-6-12/h3-4,7,11-12H,2,5-6,8-10H2,1H3,(H,17,20). The Morgan fingerprint density at radius 1 is 1.52 bits per heavy atom. The number of hydrogen-bond donors (Lipinski definition) is 1. The molecule has 6 nitrogen and oxygen atoms in total. The molecule has 6 heteroatoms. The van der Waals surface area contributed by atoms with Crippen LogP contribution < -0.4 is 10.1 Å². The van der Waals surface area contributed by atoms with E-state index < -0.39 is 0 Å². The van der Waals surface area contributed by atoms with Crippen molar-refractivity contribution >= 4 is 12.3 Å². The summed E-state index contributed by atoms with van der Waals surface area (Å²) in [6, 6.07) is 3.59. The first kappa shape index (κ1) is 15.3. The van der Waals surface area contributed by atoms with Gasteiger partial charge in [0, 0.05) is 25.3 Å². The molecule has 2 amide bonds. The molecule has 1 aliphatic heterocycles. The van der Waals surface area contributed by atoms with Crippen LogP contribution in [0.4, 0.5) is 0 Å². The van der Waals surface area contributed by atoms with Gasteiger partial charge in [-0.05, 0) is 31.4 Å². The first-order valence-electron chi connectivity index (χ1n) is 7.32. The fourth-order valence-corrected chi connectivity index (χ4v) is 2.29. The van der Waals surface area contributed by atoms with E-state index in [-0.39, 0.29) is 11.9 Å². The maximum absolute atomic E-state index is 12.3. The number of nitrogens with one attached hydrogen (secondary N) is 1. The fourth-order valence-electron chi connectivity index (χ4n) is 2.29. The second-order valence-electron chi connectivity index (χ2n) is 5.09. The minimum Gasteiger partial charge on any atom is -0.491 e. The molecule has 0 bridgehead atoms. The van der Waals surface area contributed by atoms with Gasteiger partial charge in [-0.15, -0.1) is 0 Å². The third-order valence-electron chi connectivity index (χ3n) is 3.46. The molecule has 0 saturated carbocycles. The monoisotopic (exact) mass is 291 g/mol. The molecule has 114 valence electrons. The van der Waals surface area contributed by atoms with E-state index in [2.05, 4.69) is 10.3 Å². The van der Waals surface area contributed by atoms with Crippen LogP contribution in [0.1, 0.15) is 36.7 Å². The average Bonchev–Trinajstić information content (AvgIpc) is 2.54. The van der Waals surface area contributed by atoms with Crippen LogP contribution >= 0.6 is 0 Å². The van der Waals surface area contributed by atoms with E-state index in [1.54, 1.807) is 23.2 Å². The van der Waals surface area contributed by atoms with Crippen LogP contribution in [0.2, 0.25) is 0 Å². The number of hydrogen-bond acceptors (Lipinski definition) is 4. The molecule has 1 aromatic rings. The Bertz CT molecular complexity index is 485. The highest BCUT2D eigenvalue weighted by Gasteiger charge is 2.22. The van der Waals surface area contributed by atoms with Crippen molar-refractivity contribution in [2.24, 2.45) is 0 Å². The summed E-state index contributed by atoms with van der Waals surface area (Å²) in [6.45, 7) is 3.92. The van der Waals surface area contributed by atoms with Crippen molar-refractivity contribution in [3.8, 4) is 5.75 Å². The van der Waals surface area contributed by atoms with Crippen molar-refractivity contribution < 1.29 is 14.3 Å². The summed E-state index contributed by atoms with van der Waals surface area (Å²) in [5, 5.41) is 2.97. The van der Waals surface area contributed by atoms with E-state index in [1.165, 1.54) is 0 Å². The van der Waals surface area contributed by atoms with E-state index >= 15 is 0 Å². The maximum atomic E-state index is 12.3. The lowest BCUT2D eigenvalue weighted by Crippen LogP contribution is -2.44. The number of amides is 2. The summed E-state index contributed by atoms with van der Waals surface area (Å²) in [4.78, 5) is 28.8. The third-order valence-corrected chi connectivity index (χ3v) is 3.46. The molecule has 21 heavy (non-hydrogen) atoms. The molecule has 0 spiro atoms. The van der Waals surface area contributed by atoms with Crippen molar-refractivity contribution in [1.29, 1.82) is 0 Å². The van der Waals surface area contributed by atoms with Gasteiger partial charge < -0.3 is 15.0 Å². The molecule has 0 unspecified atom stereocenters. The third kappa shape index (κ3) is 4.18. The summed E-state index contributed by atoms with van der Waals surface area (Å²) in [6.07, 6.45) is 4.85. The maximum Gasteiger partial charge on any atom is 0.273 e. The molecule has 2 rings (SSSR count). The lowest BCUT2D eigenvalue weighted by Gasteiger charge is -2.29. The molecule has 0 atom stereocenters. The highest BCUT2D eigenvalue weighted by molar-refractivity contribution is 5.95. The van der Waals surface area contributed by atoms with Gasteiger partial charge in [-0.25, -0.2) is 4.98 Å². The topological polar surface area (TPSA) is 71.5 Å². The number of likely N-dealkylation sites (tertiary alicyclic amines) is 1. The summed E-state index contributed by atoms with van der Waals surface area (Å²) < 4.78 is 5.55. The van der Waals surface area contributed by atoms with Gasteiger partial charge in [0.2, 0.25) is 6.41 Å². The van der Waals surface area contributed by atoms with Gasteiger partial charge in [-0.2, -0.15) is 0 Å². The first-order valence-corrected chi connectivity index (χ1v) is 7.32. The van der Waals surface area contributed by atoms with Crippen molar-refractivity contribution in [3.63, 3.8) is 0 Å². The van der Waals surface area contributed by atoms with Gasteiger partial charge >= 0.3 is 0 Å². The average molecular weight is 291 g/mol. The Morgan fingerprint density at radius 3 is 2.95 bits per heavy atom. The van der Waals surface area contributed by atoms with Crippen LogP contribution in [0.5, 0.6) is 5.75 Å². The Morgan fingerprint density at radius 2 is 2.29 bits per heavy atom. The summed E-state index contributed by atoms with van der Waals surface area (Å²) in [5.41, 5.74) is 0.323. The van der Waals surface area contributed by atoms with E-state index in [0.29, 0.717) is 31.1 Å². The van der Waals surface area contributed by atoms with Crippen LogP contribution in [-0.4, -0.2) is 47.9 Å². The van der Waals surface area contributed by atoms with E-state index in [0.717, 1.165) is 25.7 Å². The fraction of sp³-hybridized carbons (Fsp3) is 0.533. The number of carbonyl (C=O) groups excluding carboxylic acids is 2. The predicted molar refractivity (Wildman–Crippen MR) is 78.1 cm³/mol. The molecule has 1 N–H and O–H groups in total. The predicted octanol–water partition coefficient (Wildman–Crippen LogP) is 1.22. The number of carbonyl (C=O) groups is 2. The first-order chi connectivity index (χ1) is 10.2. The smallest absolute Gasteiger partial charge is 0.273 e. The highest BCUT2D eigenvalue weighted by Crippen LogP contribution is 2.17. The Labute approximate surface area is 124 Å². The largest absolute Gasteiger partial charge is 0.491 e. The molecular weight excluding hydrogens is 270 g/mol. The molecule has 2 heterocycles. The highest BCUT2D eigenvalue weighted by atomic mass is 16.5. The van der Waals surface area contributed by atoms with Gasteiger partial charge in [0.25, 0.3) is 5.91 Å². The minimum atomic E-state index is -0.216. The van der Waals surface area contributed by atoms with Crippen molar-refractivity contribution in [2.75, 3.05) is 19.7 Å². The molecule has 1 saturated heterocycles. The zero-order valence-electron chi connectivity index (χ0n) is 12.2. The van der Waals surface area contributed by atoms with Crippen LogP contribution in [0.15, 0.2) is 18.3 Å². The van der Waals surface area contributed by atoms with Gasteiger partial charge in [-0.3, -0.25) is 9.59 Å². The lowest BCUT2D eigenvalue weighted by molar-refractivity contribution is -0.119. The van der Waals surface area contributed by atoms with Gasteiger partial charge in [0.15, 0.2) is 11.4 Å². The zero-order chi connectivity index (χ0) is 15.1. The quantitative estimate of drug-likeness (QED) is 0.800. The normalized spacial score (nSPS) is 15.6. The lowest BCUT2D eigenvalue weighted by atomic mass is 10.1. The molecule has 1 fully saturated rings. The van der Waals surface area contributed by atoms with Crippen LogP contribution in [0, 0.1) is 0 Å². The van der Waals surface area contributed by atoms with Crippen molar-refractivity contribution in [1.82, 2.24) is 15.2 Å². The second kappa shape index (κ2) is 7.61. The second-order valence-corrected chi connectivity index (χ2v) is 5.09. The number of pyridine rings is 1. The molecule has 0 radical (unpaired) electrons. The number of aromatic nitrogens is 1. The number of nitrogens with zero attached hydrogens (tertiary/aromatic N) is 2. The van der Waals surface area contributed by atoms with Crippen LogP contribution in [0.3, 0.4) is 0 Å². The van der Waals surface area contributed by atoms with Crippen molar-refractivity contribution in [3.05, 3.63) is 24.0 Å². The van der Waals surface area contributed by atoms with E-state index in [1.807, 2.05) is 6.92 Å². The summed E-state index contributed by atoms with van der Waals surface area (Å²) in [5.74, 6) is 0.299. The van der Waals surface area contributed by atoms with Gasteiger partial charge in [0.1, 0.15) is 0 Å². The summed E-state index contributed by atoms with van der Waals surface area (Å²) >= 11 is 0. The molecule has 0 aromatic carbocycles. The van der Waals surface area contributed by atoms with E-state index in [9.17, 15) is 9.59 Å². The Balaban J connectivity index is 1.95. The van der Waals surface area contributed by atoms with Crippen LogP contribution in [0.25, 0.3) is 0 Å². The van der Waals surface area contributed by atoms with Gasteiger partial charge in [0.05, 0.1) is 6.61 Å². The Kier molecular flexibility index (Phi) is 5.54. The molecular formula is C15H21N3O3. The molecule has 1 aliphatic rings. The van der Waals surface area contributed by atoms with E-state index in [4.69, 9.17) is 4.74 Å². The van der Waals surface area contributed by atoms with Gasteiger partial charge in [-0.1, -0.05) is 6.92 Å². The molecule has 0 aliphatic carbocycles. The van der Waals surface area contributed by atoms with Crippen LogP contribution in [-0.2, 0) is 4.79 Å².